The first kappa shape index (κ1) is 16.9. The van der Waals surface area contributed by atoms with Crippen LogP contribution in [-0.4, -0.2) is 24.0 Å². The van der Waals surface area contributed by atoms with Crippen molar-refractivity contribution in [2.45, 2.75) is 25.6 Å². The number of carbonyl (C=O) groups excluding carboxylic acids is 1. The predicted octanol–water partition coefficient (Wildman–Crippen LogP) is 4.57. The largest absolute Gasteiger partial charge is 0.497 e. The maximum Gasteiger partial charge on any atom is 0.264 e. The van der Waals surface area contributed by atoms with Gasteiger partial charge < -0.3 is 14.4 Å². The van der Waals surface area contributed by atoms with Gasteiger partial charge in [0.15, 0.2) is 6.10 Å². The maximum absolute atomic E-state index is 13.3. The molecule has 4 heteroatoms. The molecule has 140 valence electrons. The highest BCUT2D eigenvalue weighted by atomic mass is 16.5. The lowest BCUT2D eigenvalue weighted by molar-refractivity contribution is -0.139. The first-order chi connectivity index (χ1) is 13.7. The van der Waals surface area contributed by atoms with Crippen molar-refractivity contribution in [2.75, 3.05) is 7.11 Å². The number of amides is 1. The minimum absolute atomic E-state index is 0.00771. The van der Waals surface area contributed by atoms with Gasteiger partial charge in [-0.2, -0.15) is 0 Å². The first-order valence-electron chi connectivity index (χ1n) is 9.49. The van der Waals surface area contributed by atoms with Crippen molar-refractivity contribution in [3.8, 4) is 22.6 Å². The molecular weight excluding hydrogens is 350 g/mol. The summed E-state index contributed by atoms with van der Waals surface area (Å²) in [7, 11) is 1.65. The Kier molecular flexibility index (Phi) is 3.86. The van der Waals surface area contributed by atoms with E-state index >= 15 is 0 Å². The Morgan fingerprint density at radius 1 is 0.964 bits per heavy atom. The molecule has 3 aromatic carbocycles. The number of hydrogen-bond donors (Lipinski definition) is 0. The molecule has 1 aliphatic heterocycles. The van der Waals surface area contributed by atoms with E-state index < -0.39 is 6.10 Å². The lowest BCUT2D eigenvalue weighted by Gasteiger charge is -2.30. The molecule has 1 amide bonds. The maximum atomic E-state index is 13.3. The van der Waals surface area contributed by atoms with E-state index in [-0.39, 0.29) is 11.9 Å². The molecular formula is C24H21NO3. The van der Waals surface area contributed by atoms with Crippen LogP contribution in [0.1, 0.15) is 29.7 Å². The van der Waals surface area contributed by atoms with Crippen molar-refractivity contribution in [3.05, 3.63) is 83.4 Å². The van der Waals surface area contributed by atoms with Crippen molar-refractivity contribution in [1.82, 2.24) is 4.90 Å². The highest BCUT2D eigenvalue weighted by molar-refractivity contribution is 5.86. The highest BCUT2D eigenvalue weighted by Crippen LogP contribution is 2.47. The van der Waals surface area contributed by atoms with Gasteiger partial charge in [0, 0.05) is 5.56 Å². The van der Waals surface area contributed by atoms with Crippen molar-refractivity contribution >= 4 is 5.91 Å². The summed E-state index contributed by atoms with van der Waals surface area (Å²) in [6.07, 6.45) is -0.547. The highest BCUT2D eigenvalue weighted by Gasteiger charge is 2.39. The molecule has 1 heterocycles. The summed E-state index contributed by atoms with van der Waals surface area (Å²) in [5.41, 5.74) is 5.67. The third-order valence-corrected chi connectivity index (χ3v) is 5.66. The molecule has 1 unspecified atom stereocenters. The fourth-order valence-corrected chi connectivity index (χ4v) is 4.34. The molecule has 4 nitrogen and oxygen atoms in total. The Balaban J connectivity index is 1.66. The van der Waals surface area contributed by atoms with Crippen LogP contribution in [0, 0.1) is 0 Å². The smallest absolute Gasteiger partial charge is 0.264 e. The van der Waals surface area contributed by atoms with Gasteiger partial charge in [-0.25, -0.2) is 0 Å². The summed E-state index contributed by atoms with van der Waals surface area (Å²) in [6, 6.07) is 22.3. The SMILES string of the molecule is COc1ccc2c(c1)CN(C1c3ccccc3-c3ccccc31)C(=O)C(C)O2. The van der Waals surface area contributed by atoms with Gasteiger partial charge in [0.1, 0.15) is 11.5 Å². The third kappa shape index (κ3) is 2.48. The summed E-state index contributed by atoms with van der Waals surface area (Å²) in [4.78, 5) is 15.3. The summed E-state index contributed by atoms with van der Waals surface area (Å²) in [6.45, 7) is 2.30. The molecule has 0 radical (unpaired) electrons. The molecule has 0 saturated carbocycles. The minimum atomic E-state index is -0.547. The Labute approximate surface area is 164 Å². The van der Waals surface area contributed by atoms with Crippen molar-refractivity contribution < 1.29 is 14.3 Å². The van der Waals surface area contributed by atoms with Crippen molar-refractivity contribution in [2.24, 2.45) is 0 Å². The molecule has 0 N–H and O–H groups in total. The van der Waals surface area contributed by atoms with Crippen LogP contribution in [0.5, 0.6) is 11.5 Å². The number of ether oxygens (including phenoxy) is 2. The molecule has 1 aliphatic carbocycles. The second-order valence-electron chi connectivity index (χ2n) is 7.28. The Morgan fingerprint density at radius 3 is 2.25 bits per heavy atom. The summed E-state index contributed by atoms with van der Waals surface area (Å²) < 4.78 is 11.4. The quantitative estimate of drug-likeness (QED) is 0.662. The summed E-state index contributed by atoms with van der Waals surface area (Å²) in [5, 5.41) is 0. The molecule has 0 saturated heterocycles. The molecule has 0 bridgehead atoms. The number of fused-ring (bicyclic) bond motifs is 4. The van der Waals surface area contributed by atoms with E-state index in [0.29, 0.717) is 6.54 Å². The Bertz CT molecular complexity index is 1030. The lowest BCUT2D eigenvalue weighted by Crippen LogP contribution is -2.40. The van der Waals surface area contributed by atoms with E-state index in [9.17, 15) is 4.79 Å². The van der Waals surface area contributed by atoms with Gasteiger partial charge in [-0.3, -0.25) is 4.79 Å². The zero-order chi connectivity index (χ0) is 19.3. The van der Waals surface area contributed by atoms with Crippen LogP contribution >= 0.6 is 0 Å². The third-order valence-electron chi connectivity index (χ3n) is 5.66. The second-order valence-corrected chi connectivity index (χ2v) is 7.28. The zero-order valence-corrected chi connectivity index (χ0v) is 15.9. The van der Waals surface area contributed by atoms with E-state index in [4.69, 9.17) is 9.47 Å². The average Bonchev–Trinajstić information content (AvgIpc) is 3.00. The molecule has 1 atom stereocenters. The molecule has 28 heavy (non-hydrogen) atoms. The number of nitrogens with zero attached hydrogens (tertiary/aromatic N) is 1. The molecule has 0 fully saturated rings. The number of methoxy groups -OCH3 is 1. The van der Waals surface area contributed by atoms with E-state index in [1.165, 1.54) is 11.1 Å². The van der Waals surface area contributed by atoms with Crippen LogP contribution < -0.4 is 9.47 Å². The molecule has 3 aromatic rings. The number of benzene rings is 3. The second kappa shape index (κ2) is 6.41. The van der Waals surface area contributed by atoms with Gasteiger partial charge in [-0.1, -0.05) is 48.5 Å². The van der Waals surface area contributed by atoms with E-state index in [1.54, 1.807) is 7.11 Å². The molecule has 0 aromatic heterocycles. The predicted molar refractivity (Wildman–Crippen MR) is 107 cm³/mol. The molecule has 0 spiro atoms. The fourth-order valence-electron chi connectivity index (χ4n) is 4.34. The monoisotopic (exact) mass is 371 g/mol. The number of carbonyl (C=O) groups is 1. The molecule has 5 rings (SSSR count). The number of hydrogen-bond acceptors (Lipinski definition) is 3. The van der Waals surface area contributed by atoms with Gasteiger partial charge in [0.05, 0.1) is 19.7 Å². The van der Waals surface area contributed by atoms with Gasteiger partial charge >= 0.3 is 0 Å². The van der Waals surface area contributed by atoms with Crippen LogP contribution in [0.25, 0.3) is 11.1 Å². The summed E-state index contributed by atoms with van der Waals surface area (Å²) >= 11 is 0. The van der Waals surface area contributed by atoms with E-state index in [0.717, 1.165) is 28.2 Å². The van der Waals surface area contributed by atoms with Gasteiger partial charge in [-0.15, -0.1) is 0 Å². The summed E-state index contributed by atoms with van der Waals surface area (Å²) in [5.74, 6) is 1.49. The molecule has 2 aliphatic rings. The van der Waals surface area contributed by atoms with E-state index in [2.05, 4.69) is 24.3 Å². The number of rotatable bonds is 2. The Hall–Kier alpha value is -3.27. The fraction of sp³-hybridized carbons (Fsp3) is 0.208. The Morgan fingerprint density at radius 2 is 1.61 bits per heavy atom. The van der Waals surface area contributed by atoms with Crippen LogP contribution in [-0.2, 0) is 11.3 Å². The zero-order valence-electron chi connectivity index (χ0n) is 15.9. The van der Waals surface area contributed by atoms with Crippen LogP contribution in [0.15, 0.2) is 66.7 Å². The topological polar surface area (TPSA) is 38.8 Å². The standard InChI is InChI=1S/C24H21NO3/c1-15-24(26)25(14-16-13-17(27-2)11-12-22(16)28-15)23-20-9-5-3-7-18(20)19-8-4-6-10-21(19)23/h3-13,15,23H,14H2,1-2H3. The van der Waals surface area contributed by atoms with E-state index in [1.807, 2.05) is 54.3 Å². The minimum Gasteiger partial charge on any atom is -0.497 e. The van der Waals surface area contributed by atoms with Crippen LogP contribution in [0.2, 0.25) is 0 Å². The van der Waals surface area contributed by atoms with Crippen LogP contribution in [0.3, 0.4) is 0 Å². The van der Waals surface area contributed by atoms with Gasteiger partial charge in [0.2, 0.25) is 0 Å². The van der Waals surface area contributed by atoms with Crippen LogP contribution in [0.4, 0.5) is 0 Å². The van der Waals surface area contributed by atoms with Gasteiger partial charge in [-0.05, 0) is 47.4 Å². The lowest BCUT2D eigenvalue weighted by atomic mass is 10.0. The van der Waals surface area contributed by atoms with Crippen molar-refractivity contribution in [3.63, 3.8) is 0 Å². The van der Waals surface area contributed by atoms with Crippen molar-refractivity contribution in [1.29, 1.82) is 0 Å². The normalized spacial score (nSPS) is 18.0. The average molecular weight is 371 g/mol. The van der Waals surface area contributed by atoms with Gasteiger partial charge in [0.25, 0.3) is 5.91 Å². The first-order valence-corrected chi connectivity index (χ1v) is 9.49.